The Morgan fingerprint density at radius 2 is 1.83 bits per heavy atom. The summed E-state index contributed by atoms with van der Waals surface area (Å²) in [5.41, 5.74) is 0.825. The van der Waals surface area contributed by atoms with E-state index in [1.54, 1.807) is 6.92 Å². The zero-order valence-corrected chi connectivity index (χ0v) is 15.1. The van der Waals surface area contributed by atoms with Crippen molar-refractivity contribution in [1.82, 2.24) is 15.5 Å². The van der Waals surface area contributed by atoms with Crippen molar-refractivity contribution in [3.63, 3.8) is 0 Å². The second-order valence-corrected chi connectivity index (χ2v) is 7.77. The first-order chi connectivity index (χ1) is 11.2. The van der Waals surface area contributed by atoms with Gasteiger partial charge in [-0.3, -0.25) is 14.9 Å². The molecular formula is C17H22N4O2S. The van der Waals surface area contributed by atoms with Crippen molar-refractivity contribution in [3.05, 3.63) is 30.3 Å². The van der Waals surface area contributed by atoms with Gasteiger partial charge < -0.3 is 5.32 Å². The molecule has 7 heteroatoms. The van der Waals surface area contributed by atoms with Gasteiger partial charge in [0, 0.05) is 12.0 Å². The number of hydrogen-bond donors (Lipinski definition) is 2. The molecule has 128 valence electrons. The molecule has 1 atom stereocenters. The molecule has 24 heavy (non-hydrogen) atoms. The van der Waals surface area contributed by atoms with Crippen LogP contribution in [0.5, 0.6) is 0 Å². The maximum absolute atomic E-state index is 12.2. The van der Waals surface area contributed by atoms with E-state index >= 15 is 0 Å². The lowest BCUT2D eigenvalue weighted by atomic mass is 9.92. The van der Waals surface area contributed by atoms with Gasteiger partial charge in [-0.15, -0.1) is 10.2 Å². The molecule has 0 aliphatic rings. The highest BCUT2D eigenvalue weighted by Gasteiger charge is 2.21. The number of amides is 2. The molecule has 0 fully saturated rings. The van der Waals surface area contributed by atoms with E-state index in [0.29, 0.717) is 11.6 Å². The van der Waals surface area contributed by atoms with Gasteiger partial charge in [-0.2, -0.15) is 0 Å². The number of carbonyl (C=O) groups is 2. The average Bonchev–Trinajstić information content (AvgIpc) is 2.94. The molecule has 1 aromatic carbocycles. The molecule has 6 nitrogen and oxygen atoms in total. The van der Waals surface area contributed by atoms with Crippen molar-refractivity contribution >= 4 is 28.3 Å². The topological polar surface area (TPSA) is 84.0 Å². The number of nitrogens with one attached hydrogen (secondary N) is 2. The lowest BCUT2D eigenvalue weighted by Gasteiger charge is -2.19. The molecule has 0 unspecified atom stereocenters. The van der Waals surface area contributed by atoms with E-state index in [1.165, 1.54) is 11.3 Å². The molecule has 1 aromatic heterocycles. The summed E-state index contributed by atoms with van der Waals surface area (Å²) in [6.07, 6.45) is 0.363. The van der Waals surface area contributed by atoms with Crippen LogP contribution >= 0.6 is 11.3 Å². The third kappa shape index (κ3) is 5.42. The summed E-state index contributed by atoms with van der Waals surface area (Å²) < 4.78 is 0. The fourth-order valence-electron chi connectivity index (χ4n) is 2.02. The van der Waals surface area contributed by atoms with Crippen molar-refractivity contribution in [2.45, 2.75) is 40.2 Å². The first-order valence-corrected chi connectivity index (χ1v) is 8.55. The number of nitrogens with zero attached hydrogens (tertiary/aromatic N) is 2. The SMILES string of the molecule is C[C@H](NC(=O)CC(C)(C)C)C(=O)Nc1nnc(-c2ccccc2)s1. The minimum Gasteiger partial charge on any atom is -0.345 e. The van der Waals surface area contributed by atoms with Crippen molar-refractivity contribution in [2.75, 3.05) is 5.32 Å². The standard InChI is InChI=1S/C17H22N4O2S/c1-11(18-13(22)10-17(2,3)4)14(23)19-16-21-20-15(24-16)12-8-6-5-7-9-12/h5-9,11H,10H2,1-4H3,(H,18,22)(H,19,21,23)/t11-/m0/s1. The van der Waals surface area contributed by atoms with Crippen LogP contribution in [-0.4, -0.2) is 28.1 Å². The van der Waals surface area contributed by atoms with E-state index in [-0.39, 0.29) is 17.2 Å². The molecular weight excluding hydrogens is 324 g/mol. The highest BCUT2D eigenvalue weighted by molar-refractivity contribution is 7.18. The number of hydrogen-bond acceptors (Lipinski definition) is 5. The third-order valence-electron chi connectivity index (χ3n) is 3.14. The number of benzene rings is 1. The van der Waals surface area contributed by atoms with Gasteiger partial charge in [0.15, 0.2) is 0 Å². The molecule has 2 N–H and O–H groups in total. The smallest absolute Gasteiger partial charge is 0.248 e. The van der Waals surface area contributed by atoms with E-state index in [9.17, 15) is 9.59 Å². The largest absolute Gasteiger partial charge is 0.345 e. The normalized spacial score (nSPS) is 12.5. The molecule has 2 rings (SSSR count). The number of aromatic nitrogens is 2. The van der Waals surface area contributed by atoms with Crippen LogP contribution in [0.2, 0.25) is 0 Å². The summed E-state index contributed by atoms with van der Waals surface area (Å²) in [6, 6.07) is 8.99. The lowest BCUT2D eigenvalue weighted by Crippen LogP contribution is -2.42. The van der Waals surface area contributed by atoms with E-state index in [1.807, 2.05) is 51.1 Å². The Bertz CT molecular complexity index is 707. The van der Waals surface area contributed by atoms with Crippen LogP contribution in [0.15, 0.2) is 30.3 Å². The Morgan fingerprint density at radius 1 is 1.17 bits per heavy atom. The highest BCUT2D eigenvalue weighted by Crippen LogP contribution is 2.26. The Morgan fingerprint density at radius 3 is 2.46 bits per heavy atom. The molecule has 0 aliphatic carbocycles. The minimum atomic E-state index is -0.635. The Balaban J connectivity index is 1.92. The van der Waals surface area contributed by atoms with Crippen LogP contribution in [0.3, 0.4) is 0 Å². The van der Waals surface area contributed by atoms with Crippen molar-refractivity contribution in [2.24, 2.45) is 5.41 Å². The summed E-state index contributed by atoms with van der Waals surface area (Å²) in [4.78, 5) is 24.1. The Labute approximate surface area is 145 Å². The highest BCUT2D eigenvalue weighted by atomic mass is 32.1. The van der Waals surface area contributed by atoms with Gasteiger partial charge in [0.05, 0.1) is 0 Å². The third-order valence-corrected chi connectivity index (χ3v) is 4.03. The van der Waals surface area contributed by atoms with Crippen LogP contribution in [-0.2, 0) is 9.59 Å². The fraction of sp³-hybridized carbons (Fsp3) is 0.412. The van der Waals surface area contributed by atoms with Crippen molar-refractivity contribution in [1.29, 1.82) is 0 Å². The van der Waals surface area contributed by atoms with Gasteiger partial charge in [0.25, 0.3) is 0 Å². The molecule has 0 spiro atoms. The monoisotopic (exact) mass is 346 g/mol. The van der Waals surface area contributed by atoms with E-state index in [2.05, 4.69) is 20.8 Å². The minimum absolute atomic E-state index is 0.121. The Hall–Kier alpha value is -2.28. The van der Waals surface area contributed by atoms with Crippen molar-refractivity contribution < 1.29 is 9.59 Å². The number of rotatable bonds is 5. The molecule has 2 amide bonds. The van der Waals surface area contributed by atoms with Gasteiger partial charge in [0.2, 0.25) is 16.9 Å². The van der Waals surface area contributed by atoms with Crippen LogP contribution < -0.4 is 10.6 Å². The van der Waals surface area contributed by atoms with Crippen LogP contribution in [0.25, 0.3) is 10.6 Å². The first kappa shape index (κ1) is 18.1. The molecule has 0 radical (unpaired) electrons. The maximum Gasteiger partial charge on any atom is 0.248 e. The summed E-state index contributed by atoms with van der Waals surface area (Å²) >= 11 is 1.29. The Kier molecular flexibility index (Phi) is 5.66. The van der Waals surface area contributed by atoms with Crippen LogP contribution in [0.4, 0.5) is 5.13 Å². The zero-order valence-electron chi connectivity index (χ0n) is 14.3. The van der Waals surface area contributed by atoms with Gasteiger partial charge in [0.1, 0.15) is 11.0 Å². The van der Waals surface area contributed by atoms with E-state index in [0.717, 1.165) is 10.6 Å². The molecule has 1 heterocycles. The second kappa shape index (κ2) is 7.53. The molecule has 2 aromatic rings. The predicted octanol–water partition coefficient (Wildman–Crippen LogP) is 3.08. The molecule has 0 saturated heterocycles. The molecule has 0 aliphatic heterocycles. The fourth-order valence-corrected chi connectivity index (χ4v) is 2.78. The molecule has 0 bridgehead atoms. The van der Waals surface area contributed by atoms with Gasteiger partial charge in [-0.05, 0) is 12.3 Å². The van der Waals surface area contributed by atoms with Crippen molar-refractivity contribution in [3.8, 4) is 10.6 Å². The maximum atomic E-state index is 12.2. The van der Waals surface area contributed by atoms with Gasteiger partial charge in [-0.1, -0.05) is 62.4 Å². The van der Waals surface area contributed by atoms with E-state index in [4.69, 9.17) is 0 Å². The van der Waals surface area contributed by atoms with Crippen LogP contribution in [0.1, 0.15) is 34.1 Å². The van der Waals surface area contributed by atoms with Gasteiger partial charge >= 0.3 is 0 Å². The number of anilines is 1. The second-order valence-electron chi connectivity index (χ2n) is 6.79. The van der Waals surface area contributed by atoms with E-state index < -0.39 is 6.04 Å². The summed E-state index contributed by atoms with van der Waals surface area (Å²) in [5, 5.41) is 14.6. The van der Waals surface area contributed by atoms with Gasteiger partial charge in [-0.25, -0.2) is 0 Å². The zero-order chi connectivity index (χ0) is 17.7. The summed E-state index contributed by atoms with van der Waals surface area (Å²) in [5.74, 6) is -0.458. The average molecular weight is 346 g/mol. The lowest BCUT2D eigenvalue weighted by molar-refractivity contribution is -0.127. The van der Waals surface area contributed by atoms with Crippen LogP contribution in [0, 0.1) is 5.41 Å². The first-order valence-electron chi connectivity index (χ1n) is 7.74. The summed E-state index contributed by atoms with van der Waals surface area (Å²) in [6.45, 7) is 7.58. The summed E-state index contributed by atoms with van der Waals surface area (Å²) in [7, 11) is 0. The molecule has 0 saturated carbocycles. The predicted molar refractivity (Wildman–Crippen MR) is 95.7 cm³/mol. The number of carbonyl (C=O) groups excluding carboxylic acids is 2. The quantitative estimate of drug-likeness (QED) is 0.871.